The maximum absolute atomic E-state index is 13.1. The van der Waals surface area contributed by atoms with Crippen molar-refractivity contribution in [2.45, 2.75) is 0 Å². The number of methoxy groups -OCH3 is 1. The van der Waals surface area contributed by atoms with E-state index in [1.807, 2.05) is 18.2 Å². The predicted molar refractivity (Wildman–Crippen MR) is 75.1 cm³/mol. The van der Waals surface area contributed by atoms with Gasteiger partial charge in [0, 0.05) is 10.5 Å². The van der Waals surface area contributed by atoms with Crippen LogP contribution in [-0.2, 0) is 0 Å². The molecule has 2 aromatic rings. The van der Waals surface area contributed by atoms with Crippen molar-refractivity contribution < 1.29 is 9.13 Å². The molecular formula is C14H10BrFN2O. The van der Waals surface area contributed by atoms with Gasteiger partial charge in [-0.2, -0.15) is 5.26 Å². The average Bonchev–Trinajstić information content (AvgIpc) is 2.43. The van der Waals surface area contributed by atoms with Crippen LogP contribution in [0.3, 0.4) is 0 Å². The molecule has 2 rings (SSSR count). The molecule has 2 aromatic carbocycles. The van der Waals surface area contributed by atoms with Crippen LogP contribution >= 0.6 is 15.9 Å². The zero-order valence-electron chi connectivity index (χ0n) is 10.1. The van der Waals surface area contributed by atoms with Crippen molar-refractivity contribution >= 4 is 27.3 Å². The zero-order valence-corrected chi connectivity index (χ0v) is 11.7. The van der Waals surface area contributed by atoms with Gasteiger partial charge in [-0.25, -0.2) is 4.39 Å². The first-order valence-electron chi connectivity index (χ1n) is 5.44. The number of ether oxygens (including phenoxy) is 1. The summed E-state index contributed by atoms with van der Waals surface area (Å²) in [6, 6.07) is 11.4. The SMILES string of the molecule is COc1ccc(Br)c(Nc2ccc(F)cc2C#N)c1. The third kappa shape index (κ3) is 3.04. The fraction of sp³-hybridized carbons (Fsp3) is 0.0714. The molecule has 0 saturated heterocycles. The summed E-state index contributed by atoms with van der Waals surface area (Å²) in [5.74, 6) is 0.248. The fourth-order valence-electron chi connectivity index (χ4n) is 1.59. The number of halogens is 2. The van der Waals surface area contributed by atoms with Gasteiger partial charge in [-0.05, 0) is 46.3 Å². The van der Waals surface area contributed by atoms with Crippen LogP contribution < -0.4 is 10.1 Å². The highest BCUT2D eigenvalue weighted by Crippen LogP contribution is 2.31. The molecule has 0 aromatic heterocycles. The Kier molecular flexibility index (Phi) is 4.03. The summed E-state index contributed by atoms with van der Waals surface area (Å²) in [6.45, 7) is 0. The number of nitrogens with one attached hydrogen (secondary N) is 1. The number of rotatable bonds is 3. The van der Waals surface area contributed by atoms with Crippen LogP contribution in [0.4, 0.5) is 15.8 Å². The van der Waals surface area contributed by atoms with Crippen LogP contribution in [0.5, 0.6) is 5.75 Å². The Hall–Kier alpha value is -2.06. The van der Waals surface area contributed by atoms with Crippen molar-refractivity contribution in [3.63, 3.8) is 0 Å². The fourth-order valence-corrected chi connectivity index (χ4v) is 1.94. The summed E-state index contributed by atoms with van der Waals surface area (Å²) in [6.07, 6.45) is 0. The Balaban J connectivity index is 2.39. The molecule has 0 aliphatic rings. The minimum absolute atomic E-state index is 0.245. The molecule has 0 saturated carbocycles. The quantitative estimate of drug-likeness (QED) is 0.921. The van der Waals surface area contributed by atoms with Gasteiger partial charge in [0.2, 0.25) is 0 Å². The zero-order chi connectivity index (χ0) is 13.8. The second-order valence-electron chi connectivity index (χ2n) is 3.77. The molecular weight excluding hydrogens is 311 g/mol. The van der Waals surface area contributed by atoms with Gasteiger partial charge in [0.15, 0.2) is 0 Å². The lowest BCUT2D eigenvalue weighted by Crippen LogP contribution is -1.96. The molecule has 0 bridgehead atoms. The minimum Gasteiger partial charge on any atom is -0.497 e. The Labute approximate surface area is 118 Å². The number of anilines is 2. The molecule has 1 N–H and O–H groups in total. The summed E-state index contributed by atoms with van der Waals surface area (Å²) in [5.41, 5.74) is 1.52. The van der Waals surface area contributed by atoms with Crippen molar-refractivity contribution in [3.05, 3.63) is 52.3 Å². The molecule has 0 amide bonds. The first kappa shape index (κ1) is 13.4. The molecule has 0 spiro atoms. The lowest BCUT2D eigenvalue weighted by Gasteiger charge is -2.11. The van der Waals surface area contributed by atoms with E-state index in [4.69, 9.17) is 10.00 Å². The number of hydrogen-bond acceptors (Lipinski definition) is 3. The van der Waals surface area contributed by atoms with Crippen molar-refractivity contribution in [2.75, 3.05) is 12.4 Å². The second-order valence-corrected chi connectivity index (χ2v) is 4.63. The van der Waals surface area contributed by atoms with Gasteiger partial charge in [-0.3, -0.25) is 0 Å². The number of nitrogens with zero attached hydrogens (tertiary/aromatic N) is 1. The number of nitriles is 1. The molecule has 0 atom stereocenters. The summed E-state index contributed by atoms with van der Waals surface area (Å²) in [7, 11) is 1.58. The van der Waals surface area contributed by atoms with E-state index >= 15 is 0 Å². The van der Waals surface area contributed by atoms with E-state index in [1.54, 1.807) is 13.2 Å². The highest BCUT2D eigenvalue weighted by Gasteiger charge is 2.07. The minimum atomic E-state index is -0.438. The molecule has 0 unspecified atom stereocenters. The van der Waals surface area contributed by atoms with Gasteiger partial charge in [-0.15, -0.1) is 0 Å². The highest BCUT2D eigenvalue weighted by molar-refractivity contribution is 9.10. The van der Waals surface area contributed by atoms with Crippen molar-refractivity contribution in [2.24, 2.45) is 0 Å². The average molecular weight is 321 g/mol. The van der Waals surface area contributed by atoms with Gasteiger partial charge in [0.05, 0.1) is 24.0 Å². The van der Waals surface area contributed by atoms with Crippen LogP contribution in [0, 0.1) is 17.1 Å². The molecule has 5 heteroatoms. The van der Waals surface area contributed by atoms with Gasteiger partial charge < -0.3 is 10.1 Å². The second kappa shape index (κ2) is 5.72. The third-order valence-electron chi connectivity index (χ3n) is 2.54. The largest absolute Gasteiger partial charge is 0.497 e. The van der Waals surface area contributed by atoms with Gasteiger partial charge >= 0.3 is 0 Å². The molecule has 96 valence electrons. The van der Waals surface area contributed by atoms with E-state index in [1.165, 1.54) is 18.2 Å². The summed E-state index contributed by atoms with van der Waals surface area (Å²) in [4.78, 5) is 0. The van der Waals surface area contributed by atoms with Crippen LogP contribution in [0.1, 0.15) is 5.56 Å². The first-order chi connectivity index (χ1) is 9.13. The molecule has 19 heavy (non-hydrogen) atoms. The van der Waals surface area contributed by atoms with Crippen LogP contribution in [0.15, 0.2) is 40.9 Å². The smallest absolute Gasteiger partial charge is 0.124 e. The topological polar surface area (TPSA) is 45.0 Å². The Morgan fingerprint density at radius 3 is 2.68 bits per heavy atom. The summed E-state index contributed by atoms with van der Waals surface area (Å²) in [5, 5.41) is 12.1. The van der Waals surface area contributed by atoms with Crippen LogP contribution in [-0.4, -0.2) is 7.11 Å². The predicted octanol–water partition coefficient (Wildman–Crippen LogP) is 4.21. The monoisotopic (exact) mass is 320 g/mol. The Bertz CT molecular complexity index is 652. The van der Waals surface area contributed by atoms with Gasteiger partial charge in [-0.1, -0.05) is 0 Å². The molecule has 0 heterocycles. The molecule has 3 nitrogen and oxygen atoms in total. The molecule has 0 aliphatic heterocycles. The highest BCUT2D eigenvalue weighted by atomic mass is 79.9. The third-order valence-corrected chi connectivity index (χ3v) is 3.24. The van der Waals surface area contributed by atoms with E-state index in [0.717, 1.165) is 10.2 Å². The molecule has 0 radical (unpaired) electrons. The normalized spacial score (nSPS) is 9.79. The van der Waals surface area contributed by atoms with E-state index < -0.39 is 5.82 Å². The maximum Gasteiger partial charge on any atom is 0.124 e. The lowest BCUT2D eigenvalue weighted by atomic mass is 10.2. The van der Waals surface area contributed by atoms with Gasteiger partial charge in [0.1, 0.15) is 17.6 Å². The maximum atomic E-state index is 13.1. The first-order valence-corrected chi connectivity index (χ1v) is 6.23. The standard InChI is InChI=1S/C14H10BrFN2O/c1-19-11-3-4-12(15)14(7-11)18-13-5-2-10(16)6-9(13)8-17/h2-7,18H,1H3. The van der Waals surface area contributed by atoms with Crippen LogP contribution in [0.2, 0.25) is 0 Å². The summed E-state index contributed by atoms with van der Waals surface area (Å²) >= 11 is 3.40. The Morgan fingerprint density at radius 1 is 1.21 bits per heavy atom. The lowest BCUT2D eigenvalue weighted by molar-refractivity contribution is 0.415. The molecule has 0 fully saturated rings. The van der Waals surface area contributed by atoms with Crippen LogP contribution in [0.25, 0.3) is 0 Å². The Morgan fingerprint density at radius 2 is 2.00 bits per heavy atom. The number of hydrogen-bond donors (Lipinski definition) is 1. The van der Waals surface area contributed by atoms with Crippen molar-refractivity contribution in [1.82, 2.24) is 0 Å². The van der Waals surface area contributed by atoms with Crippen molar-refractivity contribution in [1.29, 1.82) is 5.26 Å². The van der Waals surface area contributed by atoms with E-state index in [9.17, 15) is 4.39 Å². The van der Waals surface area contributed by atoms with E-state index in [-0.39, 0.29) is 5.56 Å². The summed E-state index contributed by atoms with van der Waals surface area (Å²) < 4.78 is 19.0. The van der Waals surface area contributed by atoms with Gasteiger partial charge in [0.25, 0.3) is 0 Å². The van der Waals surface area contributed by atoms with E-state index in [2.05, 4.69) is 21.2 Å². The van der Waals surface area contributed by atoms with E-state index in [0.29, 0.717) is 11.4 Å². The number of benzene rings is 2. The van der Waals surface area contributed by atoms with Crippen molar-refractivity contribution in [3.8, 4) is 11.8 Å². The molecule has 0 aliphatic carbocycles.